The van der Waals surface area contributed by atoms with E-state index in [0.717, 1.165) is 78.0 Å². The number of rotatable bonds is 7. The van der Waals surface area contributed by atoms with E-state index < -0.39 is 0 Å². The highest BCUT2D eigenvalue weighted by molar-refractivity contribution is 5.79. The van der Waals surface area contributed by atoms with Crippen LogP contribution in [0, 0.1) is 0 Å². The lowest BCUT2D eigenvalue weighted by Crippen LogP contribution is -2.38. The minimum absolute atomic E-state index is 0.752. The second-order valence-electron chi connectivity index (χ2n) is 6.95. The highest BCUT2D eigenvalue weighted by Crippen LogP contribution is 2.13. The van der Waals surface area contributed by atoms with Crippen LogP contribution in [0.25, 0.3) is 0 Å². The summed E-state index contributed by atoms with van der Waals surface area (Å²) in [6.45, 7) is 7.92. The second-order valence-corrected chi connectivity index (χ2v) is 6.95. The van der Waals surface area contributed by atoms with Gasteiger partial charge in [-0.3, -0.25) is 9.89 Å². The molecule has 0 bridgehead atoms. The third-order valence-electron chi connectivity index (χ3n) is 5.08. The van der Waals surface area contributed by atoms with Crippen LogP contribution in [0.5, 0.6) is 0 Å². The van der Waals surface area contributed by atoms with E-state index in [4.69, 9.17) is 9.47 Å². The number of hydrogen-bond acceptors (Lipinski definition) is 4. The first-order valence-corrected chi connectivity index (χ1v) is 9.92. The van der Waals surface area contributed by atoms with Gasteiger partial charge < -0.3 is 20.1 Å². The van der Waals surface area contributed by atoms with Crippen molar-refractivity contribution in [2.75, 3.05) is 53.1 Å². The largest absolute Gasteiger partial charge is 0.379 e. The van der Waals surface area contributed by atoms with Crippen molar-refractivity contribution in [2.24, 2.45) is 4.99 Å². The van der Waals surface area contributed by atoms with Crippen LogP contribution >= 0.6 is 0 Å². The summed E-state index contributed by atoms with van der Waals surface area (Å²) in [5, 5.41) is 6.87. The smallest absolute Gasteiger partial charge is 0.191 e. The molecule has 1 aromatic rings. The van der Waals surface area contributed by atoms with E-state index in [0.29, 0.717) is 0 Å². The van der Waals surface area contributed by atoms with Gasteiger partial charge in [0, 0.05) is 39.8 Å². The Morgan fingerprint density at radius 1 is 1.07 bits per heavy atom. The van der Waals surface area contributed by atoms with Crippen molar-refractivity contribution in [3.8, 4) is 0 Å². The lowest BCUT2D eigenvalue weighted by Gasteiger charge is -2.27. The summed E-state index contributed by atoms with van der Waals surface area (Å²) in [5.74, 6) is 0.851. The maximum atomic E-state index is 5.45. The summed E-state index contributed by atoms with van der Waals surface area (Å²) in [4.78, 5) is 6.81. The van der Waals surface area contributed by atoms with Crippen molar-refractivity contribution in [3.63, 3.8) is 0 Å². The fourth-order valence-electron chi connectivity index (χ4n) is 3.42. The molecule has 0 aliphatic carbocycles. The molecule has 1 aromatic carbocycles. The molecule has 0 saturated carbocycles. The van der Waals surface area contributed by atoms with Gasteiger partial charge in [0.25, 0.3) is 0 Å². The predicted octanol–water partition coefficient (Wildman–Crippen LogP) is 1.92. The van der Waals surface area contributed by atoms with Crippen LogP contribution in [0.4, 0.5) is 0 Å². The number of nitrogens with zero attached hydrogens (tertiary/aromatic N) is 2. The normalized spacial score (nSPS) is 18.9. The molecule has 27 heavy (non-hydrogen) atoms. The van der Waals surface area contributed by atoms with Gasteiger partial charge in [-0.05, 0) is 24.0 Å². The Hall–Kier alpha value is -1.89. The van der Waals surface area contributed by atoms with Crippen LogP contribution in [-0.4, -0.2) is 64.0 Å². The van der Waals surface area contributed by atoms with E-state index in [1.807, 2.05) is 7.05 Å². The van der Waals surface area contributed by atoms with Crippen molar-refractivity contribution < 1.29 is 9.47 Å². The molecule has 0 amide bonds. The van der Waals surface area contributed by atoms with E-state index in [-0.39, 0.29) is 0 Å². The first-order valence-electron chi connectivity index (χ1n) is 9.92. The van der Waals surface area contributed by atoms with Crippen LogP contribution in [-0.2, 0) is 22.6 Å². The van der Waals surface area contributed by atoms with Gasteiger partial charge in [0.05, 0.1) is 26.4 Å². The fraction of sp³-hybridized carbons (Fsp3) is 0.571. The molecule has 2 aliphatic heterocycles. The Morgan fingerprint density at radius 3 is 2.63 bits per heavy atom. The zero-order valence-corrected chi connectivity index (χ0v) is 16.4. The average Bonchev–Trinajstić information content (AvgIpc) is 2.73. The van der Waals surface area contributed by atoms with Crippen LogP contribution < -0.4 is 10.6 Å². The standard InChI is InChI=1S/C21H32N4O2/c1-22-21(23-9-6-18-7-12-26-13-8-18)24-16-19-4-2-3-5-20(19)17-25-10-14-27-15-11-25/h2-5,7H,6,8-17H2,1H3,(H2,22,23,24). The molecule has 148 valence electrons. The van der Waals surface area contributed by atoms with Crippen molar-refractivity contribution in [1.29, 1.82) is 0 Å². The maximum absolute atomic E-state index is 5.45. The van der Waals surface area contributed by atoms with Gasteiger partial charge in [0.15, 0.2) is 5.96 Å². The molecule has 0 aromatic heterocycles. The predicted molar refractivity (Wildman–Crippen MR) is 109 cm³/mol. The molecule has 3 rings (SSSR count). The Kier molecular flexibility index (Phi) is 8.14. The minimum atomic E-state index is 0.752. The molecule has 1 fully saturated rings. The highest BCUT2D eigenvalue weighted by atomic mass is 16.5. The quantitative estimate of drug-likeness (QED) is 0.435. The zero-order valence-electron chi connectivity index (χ0n) is 16.4. The van der Waals surface area contributed by atoms with Crippen LogP contribution in [0.2, 0.25) is 0 Å². The first-order chi connectivity index (χ1) is 13.3. The number of morpholine rings is 1. The Balaban J connectivity index is 1.46. The van der Waals surface area contributed by atoms with Crippen molar-refractivity contribution in [1.82, 2.24) is 15.5 Å². The van der Waals surface area contributed by atoms with Gasteiger partial charge in [-0.25, -0.2) is 0 Å². The number of ether oxygens (including phenoxy) is 2. The van der Waals surface area contributed by atoms with E-state index in [9.17, 15) is 0 Å². The number of nitrogens with one attached hydrogen (secondary N) is 2. The Bertz CT molecular complexity index is 639. The fourth-order valence-corrected chi connectivity index (χ4v) is 3.42. The molecule has 1 saturated heterocycles. The van der Waals surface area contributed by atoms with Gasteiger partial charge >= 0.3 is 0 Å². The van der Waals surface area contributed by atoms with Crippen LogP contribution in [0.15, 0.2) is 40.9 Å². The molecular formula is C21H32N4O2. The van der Waals surface area contributed by atoms with Crippen LogP contribution in [0.1, 0.15) is 24.0 Å². The molecule has 6 nitrogen and oxygen atoms in total. The number of hydrogen-bond donors (Lipinski definition) is 2. The van der Waals surface area contributed by atoms with E-state index in [1.54, 1.807) is 0 Å². The summed E-state index contributed by atoms with van der Waals surface area (Å²) < 4.78 is 10.8. The van der Waals surface area contributed by atoms with Gasteiger partial charge in [0.1, 0.15) is 0 Å². The first kappa shape index (κ1) is 19.9. The maximum Gasteiger partial charge on any atom is 0.191 e. The second kappa shape index (κ2) is 11.1. The number of guanidine groups is 1. The molecule has 6 heteroatoms. The molecule has 2 aliphatic rings. The van der Waals surface area contributed by atoms with Crippen molar-refractivity contribution in [3.05, 3.63) is 47.0 Å². The molecule has 0 spiro atoms. The SMILES string of the molecule is CN=C(NCCC1=CCOCC1)NCc1ccccc1CN1CCOCC1. The van der Waals surface area contributed by atoms with Crippen LogP contribution in [0.3, 0.4) is 0 Å². The van der Waals surface area contributed by atoms with Gasteiger partial charge in [-0.15, -0.1) is 0 Å². The number of benzene rings is 1. The minimum Gasteiger partial charge on any atom is -0.379 e. The average molecular weight is 373 g/mol. The molecule has 0 atom stereocenters. The highest BCUT2D eigenvalue weighted by Gasteiger charge is 2.13. The lowest BCUT2D eigenvalue weighted by molar-refractivity contribution is 0.0341. The molecule has 2 heterocycles. The van der Waals surface area contributed by atoms with E-state index in [2.05, 4.69) is 50.9 Å². The monoisotopic (exact) mass is 372 g/mol. The van der Waals surface area contributed by atoms with Gasteiger partial charge in [0.2, 0.25) is 0 Å². The van der Waals surface area contributed by atoms with E-state index in [1.165, 1.54) is 16.7 Å². The summed E-state index contributed by atoms with van der Waals surface area (Å²) in [5.41, 5.74) is 4.16. The Labute approximate surface area is 162 Å². The summed E-state index contributed by atoms with van der Waals surface area (Å²) >= 11 is 0. The third-order valence-corrected chi connectivity index (χ3v) is 5.08. The summed E-state index contributed by atoms with van der Waals surface area (Å²) in [6, 6.07) is 8.64. The zero-order chi connectivity index (χ0) is 18.7. The molecule has 0 unspecified atom stereocenters. The lowest BCUT2D eigenvalue weighted by atomic mass is 10.1. The van der Waals surface area contributed by atoms with Gasteiger partial charge in [-0.2, -0.15) is 0 Å². The van der Waals surface area contributed by atoms with Crippen molar-refractivity contribution in [2.45, 2.75) is 25.9 Å². The summed E-state index contributed by atoms with van der Waals surface area (Å²) in [6.07, 6.45) is 4.28. The Morgan fingerprint density at radius 2 is 1.89 bits per heavy atom. The molecule has 2 N–H and O–H groups in total. The molecular weight excluding hydrogens is 340 g/mol. The van der Waals surface area contributed by atoms with Crippen molar-refractivity contribution >= 4 is 5.96 Å². The third kappa shape index (κ3) is 6.65. The van der Waals surface area contributed by atoms with Gasteiger partial charge in [-0.1, -0.05) is 35.9 Å². The summed E-state index contributed by atoms with van der Waals surface area (Å²) in [7, 11) is 1.82. The van der Waals surface area contributed by atoms with E-state index >= 15 is 0 Å². The topological polar surface area (TPSA) is 58.1 Å². The molecule has 0 radical (unpaired) electrons. The number of aliphatic imine (C=N–C) groups is 1.